The average Bonchev–Trinajstić information content (AvgIpc) is 3.19. The Hall–Kier alpha value is -0.580. The molecule has 1 amide bonds. The lowest BCUT2D eigenvalue weighted by atomic mass is 9.93. The Balaban J connectivity index is 0.00000147. The van der Waals surface area contributed by atoms with Crippen molar-refractivity contribution < 1.29 is 4.79 Å². The van der Waals surface area contributed by atoms with Crippen molar-refractivity contribution in [1.29, 1.82) is 0 Å². The fourth-order valence-electron chi connectivity index (χ4n) is 3.05. The Morgan fingerprint density at radius 2 is 2.15 bits per heavy atom. The molecule has 0 aliphatic heterocycles. The van der Waals surface area contributed by atoms with Crippen LogP contribution in [0.3, 0.4) is 0 Å². The van der Waals surface area contributed by atoms with Gasteiger partial charge in [-0.05, 0) is 56.9 Å². The predicted octanol–water partition coefficient (Wildman–Crippen LogP) is 2.91. The molecule has 20 heavy (non-hydrogen) atoms. The largest absolute Gasteiger partial charge is 0.345 e. The number of nitrogens with two attached hydrogens (primary N) is 1. The second-order valence-electron chi connectivity index (χ2n) is 6.11. The average molecular weight is 315 g/mol. The van der Waals surface area contributed by atoms with E-state index in [0.29, 0.717) is 12.5 Å². The SMILES string of the molecule is CC(CN)(NC(=O)c1csc2c1CCCC2)C1CC1.Cl. The number of hydrogen-bond donors (Lipinski definition) is 2. The summed E-state index contributed by atoms with van der Waals surface area (Å²) in [4.78, 5) is 13.9. The van der Waals surface area contributed by atoms with E-state index in [0.717, 1.165) is 18.4 Å². The van der Waals surface area contributed by atoms with Crippen LogP contribution >= 0.6 is 23.7 Å². The van der Waals surface area contributed by atoms with Crippen molar-refractivity contribution in [2.45, 2.75) is 51.0 Å². The first kappa shape index (κ1) is 15.8. The van der Waals surface area contributed by atoms with Gasteiger partial charge in [0.2, 0.25) is 0 Å². The minimum Gasteiger partial charge on any atom is -0.345 e. The van der Waals surface area contributed by atoms with Crippen LogP contribution in [0.4, 0.5) is 0 Å². The van der Waals surface area contributed by atoms with Gasteiger partial charge < -0.3 is 11.1 Å². The fraction of sp³-hybridized carbons (Fsp3) is 0.667. The molecule has 1 aromatic heterocycles. The van der Waals surface area contributed by atoms with E-state index in [4.69, 9.17) is 5.73 Å². The van der Waals surface area contributed by atoms with Crippen LogP contribution < -0.4 is 11.1 Å². The summed E-state index contributed by atoms with van der Waals surface area (Å²) in [6, 6.07) is 0. The van der Waals surface area contributed by atoms with Gasteiger partial charge in [-0.1, -0.05) is 0 Å². The van der Waals surface area contributed by atoms with E-state index in [1.165, 1.54) is 36.1 Å². The van der Waals surface area contributed by atoms with Gasteiger partial charge in [0.05, 0.1) is 11.1 Å². The third-order valence-electron chi connectivity index (χ3n) is 4.61. The molecule has 1 unspecified atom stereocenters. The maximum absolute atomic E-state index is 12.5. The first-order valence-corrected chi connectivity index (χ1v) is 8.14. The second kappa shape index (κ2) is 6.04. The molecule has 0 spiro atoms. The number of hydrogen-bond acceptors (Lipinski definition) is 3. The molecule has 3 nitrogen and oxygen atoms in total. The second-order valence-corrected chi connectivity index (χ2v) is 7.07. The molecule has 5 heteroatoms. The summed E-state index contributed by atoms with van der Waals surface area (Å²) in [6.45, 7) is 2.61. The lowest BCUT2D eigenvalue weighted by Gasteiger charge is -2.29. The molecule has 1 saturated carbocycles. The van der Waals surface area contributed by atoms with Crippen molar-refractivity contribution in [3.05, 3.63) is 21.4 Å². The zero-order valence-electron chi connectivity index (χ0n) is 11.9. The molecule has 1 fully saturated rings. The molecular formula is C15H23ClN2OS. The fourth-order valence-corrected chi connectivity index (χ4v) is 4.18. The number of amides is 1. The minimum atomic E-state index is -0.222. The Morgan fingerprint density at radius 3 is 2.80 bits per heavy atom. The van der Waals surface area contributed by atoms with Crippen molar-refractivity contribution in [3.63, 3.8) is 0 Å². The molecule has 3 N–H and O–H groups in total. The highest BCUT2D eigenvalue weighted by Gasteiger charge is 2.42. The van der Waals surface area contributed by atoms with Crippen molar-refractivity contribution in [3.8, 4) is 0 Å². The minimum absolute atomic E-state index is 0. The van der Waals surface area contributed by atoms with Gasteiger partial charge in [-0.15, -0.1) is 23.7 Å². The van der Waals surface area contributed by atoms with Crippen LogP contribution in [0.5, 0.6) is 0 Å². The van der Waals surface area contributed by atoms with Crippen LogP contribution in [0.25, 0.3) is 0 Å². The number of carbonyl (C=O) groups excluding carboxylic acids is 1. The highest BCUT2D eigenvalue weighted by Crippen LogP contribution is 2.39. The summed E-state index contributed by atoms with van der Waals surface area (Å²) in [7, 11) is 0. The number of nitrogens with one attached hydrogen (secondary N) is 1. The summed E-state index contributed by atoms with van der Waals surface area (Å²) in [5, 5.41) is 5.24. The van der Waals surface area contributed by atoms with Crippen LogP contribution in [0.15, 0.2) is 5.38 Å². The van der Waals surface area contributed by atoms with Crippen LogP contribution in [0.1, 0.15) is 53.4 Å². The molecule has 0 saturated heterocycles. The van der Waals surface area contributed by atoms with Crippen molar-refractivity contribution in [2.24, 2.45) is 11.7 Å². The third kappa shape index (κ3) is 2.87. The topological polar surface area (TPSA) is 55.1 Å². The summed E-state index contributed by atoms with van der Waals surface area (Å²) >= 11 is 1.75. The lowest BCUT2D eigenvalue weighted by molar-refractivity contribution is 0.0897. The van der Waals surface area contributed by atoms with Gasteiger partial charge in [0.1, 0.15) is 0 Å². The van der Waals surface area contributed by atoms with Crippen LogP contribution in [0, 0.1) is 5.92 Å². The Morgan fingerprint density at radius 1 is 1.45 bits per heavy atom. The molecule has 1 heterocycles. The zero-order valence-corrected chi connectivity index (χ0v) is 13.5. The van der Waals surface area contributed by atoms with E-state index >= 15 is 0 Å². The van der Waals surface area contributed by atoms with Gasteiger partial charge in [0.15, 0.2) is 0 Å². The molecule has 0 radical (unpaired) electrons. The highest BCUT2D eigenvalue weighted by atomic mass is 35.5. The summed E-state index contributed by atoms with van der Waals surface area (Å²) in [5.41, 5.74) is 7.85. The smallest absolute Gasteiger partial charge is 0.252 e. The zero-order chi connectivity index (χ0) is 13.5. The normalized spacial score (nSPS) is 20.5. The quantitative estimate of drug-likeness (QED) is 0.898. The van der Waals surface area contributed by atoms with Crippen molar-refractivity contribution >= 4 is 29.7 Å². The van der Waals surface area contributed by atoms with E-state index in [9.17, 15) is 4.79 Å². The van der Waals surface area contributed by atoms with Crippen molar-refractivity contribution in [1.82, 2.24) is 5.32 Å². The van der Waals surface area contributed by atoms with Crippen LogP contribution in [0.2, 0.25) is 0 Å². The highest BCUT2D eigenvalue weighted by molar-refractivity contribution is 7.10. The maximum Gasteiger partial charge on any atom is 0.252 e. The Bertz CT molecular complexity index is 498. The van der Waals surface area contributed by atoms with E-state index in [1.54, 1.807) is 11.3 Å². The molecule has 0 aromatic carbocycles. The lowest BCUT2D eigenvalue weighted by Crippen LogP contribution is -2.53. The Labute approximate surface area is 130 Å². The monoisotopic (exact) mass is 314 g/mol. The number of aryl methyl sites for hydroxylation is 1. The molecule has 2 aliphatic carbocycles. The number of rotatable bonds is 4. The van der Waals surface area contributed by atoms with Crippen LogP contribution in [-0.2, 0) is 12.8 Å². The van der Waals surface area contributed by atoms with E-state index in [2.05, 4.69) is 12.2 Å². The molecular weight excluding hydrogens is 292 g/mol. The predicted molar refractivity (Wildman–Crippen MR) is 85.9 cm³/mol. The van der Waals surface area contributed by atoms with Gasteiger partial charge >= 0.3 is 0 Å². The van der Waals surface area contributed by atoms with Gasteiger partial charge in [0.25, 0.3) is 5.91 Å². The molecule has 1 aromatic rings. The molecule has 112 valence electrons. The van der Waals surface area contributed by atoms with E-state index in [1.807, 2.05) is 5.38 Å². The first-order valence-electron chi connectivity index (χ1n) is 7.26. The summed E-state index contributed by atoms with van der Waals surface area (Å²) < 4.78 is 0. The number of halogens is 1. The van der Waals surface area contributed by atoms with E-state index < -0.39 is 0 Å². The Kier molecular flexibility index (Phi) is 4.77. The van der Waals surface area contributed by atoms with Gasteiger partial charge in [-0.3, -0.25) is 4.79 Å². The number of fused-ring (bicyclic) bond motifs is 1. The van der Waals surface area contributed by atoms with Crippen molar-refractivity contribution in [2.75, 3.05) is 6.54 Å². The van der Waals surface area contributed by atoms with E-state index in [-0.39, 0.29) is 23.9 Å². The van der Waals surface area contributed by atoms with Gasteiger partial charge in [-0.25, -0.2) is 0 Å². The molecule has 3 rings (SSSR count). The number of thiophene rings is 1. The standard InChI is InChI=1S/C15H22N2OS.ClH/c1-15(9-16,10-6-7-10)17-14(18)12-8-19-13-5-3-2-4-11(12)13;/h8,10H,2-7,9,16H2,1H3,(H,17,18);1H. The summed E-state index contributed by atoms with van der Waals surface area (Å²) in [6.07, 6.45) is 7.05. The first-order chi connectivity index (χ1) is 9.14. The summed E-state index contributed by atoms with van der Waals surface area (Å²) in [5.74, 6) is 0.648. The maximum atomic E-state index is 12.5. The third-order valence-corrected chi connectivity index (χ3v) is 5.70. The van der Waals surface area contributed by atoms with Crippen LogP contribution in [-0.4, -0.2) is 18.0 Å². The molecule has 1 atom stereocenters. The molecule has 0 bridgehead atoms. The van der Waals surface area contributed by atoms with Gasteiger partial charge in [0, 0.05) is 16.8 Å². The van der Waals surface area contributed by atoms with Gasteiger partial charge in [-0.2, -0.15) is 0 Å². The number of carbonyl (C=O) groups is 1. The molecule has 2 aliphatic rings.